The van der Waals surface area contributed by atoms with Gasteiger partial charge in [-0.15, -0.1) is 0 Å². The molecule has 0 aromatic carbocycles. The van der Waals surface area contributed by atoms with Crippen LogP contribution in [0.25, 0.3) is 0 Å². The Morgan fingerprint density at radius 3 is 1.78 bits per heavy atom. The summed E-state index contributed by atoms with van der Waals surface area (Å²) in [5.74, 6) is 0.213. The van der Waals surface area contributed by atoms with Crippen LogP contribution in [0.5, 0.6) is 0 Å². The number of Topliss-reactive ketones (excluding diaryl/α,β-unsaturated/α-hetero) is 1. The number of hydrogen-bond acceptors (Lipinski definition) is 5. The fraction of sp³-hybridized carbons (Fsp3) is 0.850. The van der Waals surface area contributed by atoms with Crippen LogP contribution >= 0.6 is 0 Å². The molecule has 0 rings (SSSR count). The summed E-state index contributed by atoms with van der Waals surface area (Å²) in [6.45, 7) is 17.4. The number of nitrogens with one attached hydrogen (secondary N) is 3. The standard InChI is InChI=1S/C13H26N2O2.C4H11N.C2H6.CH3NO/c1-6-7-11(16)8-14-13(17)12(9(2)3)15-10(4)5;1-3-4-5-2;1-2;2-1-3/h9-10,12,15H,6-8H2,1-5H3,(H,14,17);5H,3-4H2,1-2H3;1-2H3;1H,(H2,2,3). The third kappa shape index (κ3) is 29.5. The molecule has 0 aliphatic rings. The van der Waals surface area contributed by atoms with Gasteiger partial charge in [-0.05, 0) is 32.4 Å². The topological polar surface area (TPSA) is 113 Å². The highest BCUT2D eigenvalue weighted by molar-refractivity contribution is 5.88. The highest BCUT2D eigenvalue weighted by Gasteiger charge is 2.22. The van der Waals surface area contributed by atoms with Crippen molar-refractivity contribution in [1.82, 2.24) is 16.0 Å². The average Bonchev–Trinajstić information content (AvgIpc) is 2.61. The van der Waals surface area contributed by atoms with Crippen LogP contribution in [0.1, 0.15) is 74.7 Å². The van der Waals surface area contributed by atoms with Gasteiger partial charge >= 0.3 is 0 Å². The van der Waals surface area contributed by atoms with Gasteiger partial charge in [-0.3, -0.25) is 14.4 Å². The number of primary amides is 1. The van der Waals surface area contributed by atoms with Gasteiger partial charge in [0.15, 0.2) is 5.78 Å². The van der Waals surface area contributed by atoms with Gasteiger partial charge in [0.1, 0.15) is 0 Å². The van der Waals surface area contributed by atoms with Gasteiger partial charge in [0, 0.05) is 12.5 Å². The first kappa shape index (κ1) is 33.1. The summed E-state index contributed by atoms with van der Waals surface area (Å²) in [5, 5.41) is 8.93. The third-order valence-electron chi connectivity index (χ3n) is 2.95. The largest absolute Gasteiger partial charge is 0.372 e. The van der Waals surface area contributed by atoms with Crippen LogP contribution < -0.4 is 21.7 Å². The number of nitrogens with two attached hydrogens (primary N) is 1. The lowest BCUT2D eigenvalue weighted by Gasteiger charge is -2.23. The molecule has 0 spiro atoms. The number of ketones is 1. The van der Waals surface area contributed by atoms with Crippen molar-refractivity contribution >= 4 is 18.1 Å². The van der Waals surface area contributed by atoms with E-state index in [9.17, 15) is 9.59 Å². The summed E-state index contributed by atoms with van der Waals surface area (Å²) in [6, 6.07) is 0.0175. The van der Waals surface area contributed by atoms with E-state index < -0.39 is 0 Å². The zero-order chi connectivity index (χ0) is 22.3. The van der Waals surface area contributed by atoms with Crippen LogP contribution in [0.15, 0.2) is 0 Å². The Bertz CT molecular complexity index is 333. The summed E-state index contributed by atoms with van der Waals surface area (Å²) in [7, 11) is 1.96. The van der Waals surface area contributed by atoms with Gasteiger partial charge in [-0.2, -0.15) is 0 Å². The van der Waals surface area contributed by atoms with Crippen molar-refractivity contribution in [2.75, 3.05) is 20.1 Å². The smallest absolute Gasteiger partial charge is 0.237 e. The Hall–Kier alpha value is -1.47. The lowest BCUT2D eigenvalue weighted by Crippen LogP contribution is -2.50. The summed E-state index contributed by atoms with van der Waals surface area (Å²) < 4.78 is 0. The van der Waals surface area contributed by atoms with E-state index >= 15 is 0 Å². The normalized spacial score (nSPS) is 10.3. The zero-order valence-electron chi connectivity index (χ0n) is 19.1. The molecule has 0 aliphatic carbocycles. The summed E-state index contributed by atoms with van der Waals surface area (Å²) in [6.07, 6.45) is 2.84. The van der Waals surface area contributed by atoms with Crippen LogP contribution in [-0.2, 0) is 14.4 Å². The van der Waals surface area contributed by atoms with E-state index in [1.807, 2.05) is 55.5 Å². The average molecular weight is 391 g/mol. The van der Waals surface area contributed by atoms with Gasteiger partial charge in [-0.1, -0.05) is 55.4 Å². The maximum Gasteiger partial charge on any atom is 0.237 e. The minimum absolute atomic E-state index is 0.0850. The van der Waals surface area contributed by atoms with E-state index in [4.69, 9.17) is 4.79 Å². The van der Waals surface area contributed by atoms with Crippen molar-refractivity contribution in [3.05, 3.63) is 0 Å². The van der Waals surface area contributed by atoms with Gasteiger partial charge < -0.3 is 21.7 Å². The van der Waals surface area contributed by atoms with E-state index in [-0.39, 0.29) is 42.6 Å². The first-order valence-corrected chi connectivity index (χ1v) is 10.1. The van der Waals surface area contributed by atoms with Gasteiger partial charge in [0.05, 0.1) is 12.6 Å². The summed E-state index contributed by atoms with van der Waals surface area (Å²) in [4.78, 5) is 31.8. The molecule has 1 unspecified atom stereocenters. The van der Waals surface area contributed by atoms with E-state index in [1.165, 1.54) is 6.42 Å². The minimum atomic E-state index is -0.232. The molecule has 0 fully saturated rings. The maximum atomic E-state index is 11.9. The Labute approximate surface area is 167 Å². The lowest BCUT2D eigenvalue weighted by molar-refractivity contribution is -0.127. The van der Waals surface area contributed by atoms with Crippen LogP contribution in [0.3, 0.4) is 0 Å². The predicted molar refractivity (Wildman–Crippen MR) is 116 cm³/mol. The molecule has 1 atom stereocenters. The highest BCUT2D eigenvalue weighted by Crippen LogP contribution is 2.03. The molecule has 0 bridgehead atoms. The summed E-state index contributed by atoms with van der Waals surface area (Å²) >= 11 is 0. The van der Waals surface area contributed by atoms with Gasteiger partial charge in [0.2, 0.25) is 12.3 Å². The number of carbonyl (C=O) groups excluding carboxylic acids is 3. The van der Waals surface area contributed by atoms with Crippen molar-refractivity contribution in [3.63, 3.8) is 0 Å². The van der Waals surface area contributed by atoms with Crippen LogP contribution in [0.2, 0.25) is 0 Å². The second kappa shape index (κ2) is 26.8. The van der Waals surface area contributed by atoms with E-state index in [2.05, 4.69) is 28.6 Å². The highest BCUT2D eigenvalue weighted by atomic mass is 16.2. The van der Waals surface area contributed by atoms with Crippen LogP contribution in [0, 0.1) is 5.92 Å². The molecule has 0 saturated heterocycles. The molecule has 0 heterocycles. The zero-order valence-corrected chi connectivity index (χ0v) is 19.1. The molecular formula is C20H46N4O3. The van der Waals surface area contributed by atoms with Gasteiger partial charge in [0.25, 0.3) is 0 Å². The van der Waals surface area contributed by atoms with Crippen molar-refractivity contribution in [1.29, 1.82) is 0 Å². The van der Waals surface area contributed by atoms with E-state index in [0.29, 0.717) is 6.42 Å². The fourth-order valence-corrected chi connectivity index (χ4v) is 1.84. The predicted octanol–water partition coefficient (Wildman–Crippen LogP) is 2.24. The van der Waals surface area contributed by atoms with E-state index in [0.717, 1.165) is 13.0 Å². The number of amides is 2. The number of rotatable bonds is 10. The van der Waals surface area contributed by atoms with Crippen molar-refractivity contribution in [2.45, 2.75) is 86.7 Å². The second-order valence-electron chi connectivity index (χ2n) is 6.29. The molecule has 5 N–H and O–H groups in total. The molecule has 2 amide bonds. The first-order valence-electron chi connectivity index (χ1n) is 10.1. The van der Waals surface area contributed by atoms with Gasteiger partial charge in [-0.25, -0.2) is 0 Å². The van der Waals surface area contributed by atoms with Crippen molar-refractivity contribution in [2.24, 2.45) is 11.7 Å². The number of hydrogen-bond donors (Lipinski definition) is 4. The maximum absolute atomic E-state index is 11.9. The molecule has 0 aromatic heterocycles. The molecule has 0 aromatic rings. The monoisotopic (exact) mass is 390 g/mol. The quantitative estimate of drug-likeness (QED) is 0.427. The third-order valence-corrected chi connectivity index (χ3v) is 2.95. The Kier molecular flexibility index (Phi) is 32.8. The van der Waals surface area contributed by atoms with Crippen LogP contribution in [-0.4, -0.2) is 50.3 Å². The molecule has 0 saturated carbocycles. The molecule has 7 nitrogen and oxygen atoms in total. The minimum Gasteiger partial charge on any atom is -0.372 e. The molecule has 0 radical (unpaired) electrons. The number of carbonyl (C=O) groups is 3. The first-order chi connectivity index (χ1) is 12.7. The lowest BCUT2D eigenvalue weighted by atomic mass is 10.0. The molecule has 7 heteroatoms. The van der Waals surface area contributed by atoms with E-state index in [1.54, 1.807) is 0 Å². The second-order valence-corrected chi connectivity index (χ2v) is 6.29. The SMILES string of the molecule is CC.CCCC(=O)CNC(=O)C(NC(C)C)C(C)C.CCCNC.NC=O. The molecule has 27 heavy (non-hydrogen) atoms. The molecular weight excluding hydrogens is 344 g/mol. The summed E-state index contributed by atoms with van der Waals surface area (Å²) in [5.41, 5.74) is 4.17. The van der Waals surface area contributed by atoms with Crippen LogP contribution in [0.4, 0.5) is 0 Å². The Balaban J connectivity index is -0.000000219. The van der Waals surface area contributed by atoms with Crippen molar-refractivity contribution in [3.8, 4) is 0 Å². The molecule has 0 aliphatic heterocycles. The van der Waals surface area contributed by atoms with Crippen molar-refractivity contribution < 1.29 is 14.4 Å². The Morgan fingerprint density at radius 2 is 1.52 bits per heavy atom. The fourth-order valence-electron chi connectivity index (χ4n) is 1.84. The molecule has 164 valence electrons. The Morgan fingerprint density at radius 1 is 1.04 bits per heavy atom.